The van der Waals surface area contributed by atoms with Crippen LogP contribution < -0.4 is 0 Å². The van der Waals surface area contributed by atoms with Gasteiger partial charge in [-0.1, -0.05) is 36.4 Å². The van der Waals surface area contributed by atoms with Crippen molar-refractivity contribution in [3.05, 3.63) is 64.2 Å². The molecule has 2 aliphatic rings. The molecule has 0 bridgehead atoms. The van der Waals surface area contributed by atoms with E-state index in [1.54, 1.807) is 0 Å². The van der Waals surface area contributed by atoms with Crippen molar-refractivity contribution in [3.63, 3.8) is 0 Å². The summed E-state index contributed by atoms with van der Waals surface area (Å²) in [5.74, 6) is -0.795. The first-order valence-electron chi connectivity index (χ1n) is 9.98. The molecule has 5 rings (SSSR count). The lowest BCUT2D eigenvalue weighted by atomic mass is 9.84. The monoisotopic (exact) mass is 386 g/mol. The number of aryl methyl sites for hydroxylation is 3. The van der Waals surface area contributed by atoms with E-state index in [4.69, 9.17) is 9.47 Å². The van der Waals surface area contributed by atoms with Gasteiger partial charge in [-0.25, -0.2) is 0 Å². The molecular formula is C25H22O4. The molecule has 29 heavy (non-hydrogen) atoms. The molecule has 0 heterocycles. The van der Waals surface area contributed by atoms with Crippen LogP contribution in [0.25, 0.3) is 27.6 Å². The lowest BCUT2D eigenvalue weighted by Crippen LogP contribution is -2.28. The van der Waals surface area contributed by atoms with E-state index in [1.807, 2.05) is 18.2 Å². The Balaban J connectivity index is 1.80. The first-order valence-corrected chi connectivity index (χ1v) is 9.98. The first kappa shape index (κ1) is 17.9. The molecule has 146 valence electrons. The maximum atomic E-state index is 11.8. The van der Waals surface area contributed by atoms with E-state index >= 15 is 0 Å². The second-order valence-electron chi connectivity index (χ2n) is 7.90. The van der Waals surface area contributed by atoms with E-state index in [-0.39, 0.29) is 0 Å². The van der Waals surface area contributed by atoms with Gasteiger partial charge < -0.3 is 9.47 Å². The van der Waals surface area contributed by atoms with Gasteiger partial charge in [0.25, 0.3) is 0 Å². The molecule has 0 aromatic heterocycles. The van der Waals surface area contributed by atoms with Gasteiger partial charge in [-0.3, -0.25) is 9.59 Å². The molecule has 4 heteroatoms. The predicted octanol–water partition coefficient (Wildman–Crippen LogP) is 4.96. The van der Waals surface area contributed by atoms with Crippen molar-refractivity contribution in [1.82, 2.24) is 0 Å². The quantitative estimate of drug-likeness (QED) is 0.461. The van der Waals surface area contributed by atoms with E-state index < -0.39 is 24.1 Å². The average molecular weight is 386 g/mol. The van der Waals surface area contributed by atoms with Crippen LogP contribution in [0.3, 0.4) is 0 Å². The van der Waals surface area contributed by atoms with Gasteiger partial charge in [0.15, 0.2) is 12.2 Å². The molecule has 2 unspecified atom stereocenters. The van der Waals surface area contributed by atoms with Crippen LogP contribution in [-0.2, 0) is 31.9 Å². The number of rotatable bonds is 2. The van der Waals surface area contributed by atoms with Crippen molar-refractivity contribution in [3.8, 4) is 0 Å². The minimum absolute atomic E-state index is 0.396. The fourth-order valence-electron chi connectivity index (χ4n) is 5.06. The van der Waals surface area contributed by atoms with Crippen molar-refractivity contribution in [2.45, 2.75) is 45.8 Å². The van der Waals surface area contributed by atoms with Gasteiger partial charge in [-0.15, -0.1) is 0 Å². The molecule has 0 amide bonds. The Morgan fingerprint density at radius 3 is 2.48 bits per heavy atom. The topological polar surface area (TPSA) is 52.6 Å². The summed E-state index contributed by atoms with van der Waals surface area (Å²) in [5.41, 5.74) is 5.98. The van der Waals surface area contributed by atoms with E-state index in [0.29, 0.717) is 0 Å². The lowest BCUT2D eigenvalue weighted by Gasteiger charge is -2.30. The normalized spacial score (nSPS) is 19.4. The van der Waals surface area contributed by atoms with E-state index in [1.165, 1.54) is 52.1 Å². The maximum absolute atomic E-state index is 11.8. The largest absolute Gasteiger partial charge is 0.454 e. The highest BCUT2D eigenvalue weighted by molar-refractivity contribution is 6.11. The SMILES string of the molecule is CC(=O)OC1C=Cc2c(ccc3c4c5c(cccc5c(C)c23)CC4)C1OC(C)=O. The van der Waals surface area contributed by atoms with E-state index in [2.05, 4.69) is 31.2 Å². The predicted molar refractivity (Wildman–Crippen MR) is 113 cm³/mol. The van der Waals surface area contributed by atoms with Crippen molar-refractivity contribution >= 4 is 39.6 Å². The number of benzene rings is 3. The van der Waals surface area contributed by atoms with Gasteiger partial charge in [0.05, 0.1) is 0 Å². The third-order valence-corrected chi connectivity index (χ3v) is 6.13. The van der Waals surface area contributed by atoms with Crippen molar-refractivity contribution in [2.24, 2.45) is 0 Å². The summed E-state index contributed by atoms with van der Waals surface area (Å²) in [5, 5.41) is 5.14. The standard InChI is InChI=1S/C25H22O4/c1-13-17-6-4-5-16-7-8-19(24(16)17)18-9-10-21-20(23(13)18)11-12-22(28-14(2)26)25(21)29-15(3)27/h4-6,9-12,22,25H,7-8H2,1-3H3. The Morgan fingerprint density at radius 2 is 1.72 bits per heavy atom. The Kier molecular flexibility index (Phi) is 3.98. The van der Waals surface area contributed by atoms with Gasteiger partial charge in [0.1, 0.15) is 0 Å². The maximum Gasteiger partial charge on any atom is 0.303 e. The molecule has 2 aliphatic carbocycles. The first-order chi connectivity index (χ1) is 14.0. The van der Waals surface area contributed by atoms with Crippen molar-refractivity contribution in [1.29, 1.82) is 0 Å². The Morgan fingerprint density at radius 1 is 0.931 bits per heavy atom. The van der Waals surface area contributed by atoms with Gasteiger partial charge in [-0.05, 0) is 69.6 Å². The number of hydrogen-bond acceptors (Lipinski definition) is 4. The summed E-state index contributed by atoms with van der Waals surface area (Å²) in [6.45, 7) is 4.91. The van der Waals surface area contributed by atoms with Crippen LogP contribution in [0.4, 0.5) is 0 Å². The highest BCUT2D eigenvalue weighted by Gasteiger charge is 2.33. The van der Waals surface area contributed by atoms with Crippen molar-refractivity contribution in [2.75, 3.05) is 0 Å². The number of esters is 2. The molecule has 0 fully saturated rings. The van der Waals surface area contributed by atoms with E-state index in [9.17, 15) is 9.59 Å². The number of fused-ring (bicyclic) bond motifs is 4. The smallest absolute Gasteiger partial charge is 0.303 e. The number of hydrogen-bond donors (Lipinski definition) is 0. The number of ether oxygens (including phenoxy) is 2. The summed E-state index contributed by atoms with van der Waals surface area (Å²) >= 11 is 0. The summed E-state index contributed by atoms with van der Waals surface area (Å²) in [4.78, 5) is 23.3. The molecule has 0 aliphatic heterocycles. The average Bonchev–Trinajstić information content (AvgIpc) is 3.11. The Labute approximate surface area is 169 Å². The molecule has 2 atom stereocenters. The van der Waals surface area contributed by atoms with Gasteiger partial charge in [0.2, 0.25) is 0 Å². The minimum Gasteiger partial charge on any atom is -0.454 e. The van der Waals surface area contributed by atoms with Crippen LogP contribution in [0, 0.1) is 6.92 Å². The second kappa shape index (κ2) is 6.45. The molecule has 3 aromatic carbocycles. The third-order valence-electron chi connectivity index (χ3n) is 6.13. The zero-order valence-electron chi connectivity index (χ0n) is 16.7. The summed E-state index contributed by atoms with van der Waals surface area (Å²) < 4.78 is 11.0. The highest BCUT2D eigenvalue weighted by Crippen LogP contribution is 2.44. The van der Waals surface area contributed by atoms with Crippen LogP contribution in [-0.4, -0.2) is 18.0 Å². The van der Waals surface area contributed by atoms with E-state index in [0.717, 1.165) is 24.0 Å². The molecule has 0 saturated carbocycles. The number of carbonyl (C=O) groups excluding carboxylic acids is 2. The molecule has 3 aromatic rings. The van der Waals surface area contributed by atoms with Gasteiger partial charge in [0, 0.05) is 19.4 Å². The second-order valence-corrected chi connectivity index (χ2v) is 7.90. The zero-order chi connectivity index (χ0) is 20.3. The minimum atomic E-state index is -0.643. The van der Waals surface area contributed by atoms with Gasteiger partial charge >= 0.3 is 11.9 Å². The number of carbonyl (C=O) groups is 2. The van der Waals surface area contributed by atoms with Crippen LogP contribution in [0.2, 0.25) is 0 Å². The van der Waals surface area contributed by atoms with Crippen molar-refractivity contribution < 1.29 is 19.1 Å². The van der Waals surface area contributed by atoms with Crippen LogP contribution in [0.5, 0.6) is 0 Å². The Hall–Kier alpha value is -3.14. The van der Waals surface area contributed by atoms with Crippen LogP contribution in [0.15, 0.2) is 36.4 Å². The molecule has 0 spiro atoms. The summed E-state index contributed by atoms with van der Waals surface area (Å²) in [7, 11) is 0. The fourth-order valence-corrected chi connectivity index (χ4v) is 5.06. The molecule has 4 nitrogen and oxygen atoms in total. The van der Waals surface area contributed by atoms with Crippen LogP contribution in [0.1, 0.15) is 47.8 Å². The van der Waals surface area contributed by atoms with Crippen LogP contribution >= 0.6 is 0 Å². The molecule has 0 saturated heterocycles. The summed E-state index contributed by atoms with van der Waals surface area (Å²) in [6.07, 6.45) is 4.69. The fraction of sp³-hybridized carbons (Fsp3) is 0.280. The lowest BCUT2D eigenvalue weighted by molar-refractivity contribution is -0.162. The zero-order valence-corrected chi connectivity index (χ0v) is 16.7. The molecular weight excluding hydrogens is 364 g/mol. The van der Waals surface area contributed by atoms with Gasteiger partial charge in [-0.2, -0.15) is 0 Å². The molecule has 0 N–H and O–H groups in total. The highest BCUT2D eigenvalue weighted by atomic mass is 16.6. The molecule has 0 radical (unpaired) electrons. The summed E-state index contributed by atoms with van der Waals surface area (Å²) in [6, 6.07) is 10.7. The Bertz CT molecular complexity index is 1240. The third kappa shape index (κ3) is 2.66.